The third-order valence-corrected chi connectivity index (χ3v) is 3.79. The van der Waals surface area contributed by atoms with Gasteiger partial charge in [-0.3, -0.25) is 14.5 Å². The van der Waals surface area contributed by atoms with Crippen molar-refractivity contribution in [2.45, 2.75) is 46.6 Å². The predicted octanol–water partition coefficient (Wildman–Crippen LogP) is 2.16. The first-order valence-corrected chi connectivity index (χ1v) is 8.01. The fraction of sp³-hybridized carbons (Fsp3) is 0.714. The highest BCUT2D eigenvalue weighted by atomic mass is 32.1. The highest BCUT2D eigenvalue weighted by molar-refractivity contribution is 7.09. The minimum atomic E-state index is -0.291. The van der Waals surface area contributed by atoms with E-state index in [1.807, 2.05) is 0 Å². The van der Waals surface area contributed by atoms with Crippen molar-refractivity contribution in [3.05, 3.63) is 20.2 Å². The van der Waals surface area contributed by atoms with E-state index in [1.54, 1.807) is 6.92 Å². The number of hydrogen-bond acceptors (Lipinski definition) is 5. The van der Waals surface area contributed by atoms with Crippen LogP contribution in [0, 0.1) is 0 Å². The third-order valence-electron chi connectivity index (χ3n) is 2.88. The zero-order chi connectivity index (χ0) is 15.0. The number of hydrogen-bond donors (Lipinski definition) is 1. The monoisotopic (exact) mass is 300 g/mol. The third kappa shape index (κ3) is 5.46. The van der Waals surface area contributed by atoms with Crippen molar-refractivity contribution in [2.24, 2.45) is 0 Å². The Kier molecular flexibility index (Phi) is 7.54. The number of aromatic nitrogens is 1. The Bertz CT molecular complexity index is 461. The van der Waals surface area contributed by atoms with Crippen molar-refractivity contribution in [1.82, 2.24) is 9.88 Å². The molecular weight excluding hydrogens is 276 g/mol. The zero-order valence-corrected chi connectivity index (χ0v) is 13.3. The standard InChI is InChI=1S/C14H24N2O3S/c1-4-7-16(8-5-2)10-12-11(15-14(18)20-12)9-13(17)19-6-3/h4-10H2,1-3H3,(H,15,18). The van der Waals surface area contributed by atoms with E-state index < -0.39 is 0 Å². The maximum atomic E-state index is 11.6. The molecule has 0 amide bonds. The van der Waals surface area contributed by atoms with E-state index in [4.69, 9.17) is 4.74 Å². The van der Waals surface area contributed by atoms with Gasteiger partial charge in [0, 0.05) is 17.1 Å². The molecule has 0 aliphatic heterocycles. The second-order valence-corrected chi connectivity index (χ2v) is 5.74. The van der Waals surface area contributed by atoms with Crippen molar-refractivity contribution >= 4 is 17.3 Å². The number of rotatable bonds is 9. The number of nitrogens with one attached hydrogen (secondary N) is 1. The average Bonchev–Trinajstić information content (AvgIpc) is 2.70. The molecule has 0 saturated carbocycles. The van der Waals surface area contributed by atoms with Gasteiger partial charge >= 0.3 is 10.8 Å². The molecule has 0 radical (unpaired) electrons. The molecule has 0 unspecified atom stereocenters. The normalized spacial score (nSPS) is 11.0. The van der Waals surface area contributed by atoms with Gasteiger partial charge in [-0.2, -0.15) is 0 Å². The largest absolute Gasteiger partial charge is 0.466 e. The van der Waals surface area contributed by atoms with Gasteiger partial charge in [0.15, 0.2) is 0 Å². The van der Waals surface area contributed by atoms with Crippen LogP contribution in [0.3, 0.4) is 0 Å². The first-order chi connectivity index (χ1) is 9.60. The van der Waals surface area contributed by atoms with Crippen LogP contribution in [0.4, 0.5) is 0 Å². The number of carbonyl (C=O) groups excluding carboxylic acids is 1. The van der Waals surface area contributed by atoms with Crippen molar-refractivity contribution < 1.29 is 9.53 Å². The summed E-state index contributed by atoms with van der Waals surface area (Å²) in [5, 5.41) is 0. The van der Waals surface area contributed by atoms with Crippen LogP contribution in [0.2, 0.25) is 0 Å². The minimum Gasteiger partial charge on any atom is -0.466 e. The van der Waals surface area contributed by atoms with Crippen LogP contribution in [-0.2, 0) is 22.5 Å². The van der Waals surface area contributed by atoms with Gasteiger partial charge in [0.2, 0.25) is 0 Å². The van der Waals surface area contributed by atoms with Crippen LogP contribution in [0.1, 0.15) is 44.2 Å². The van der Waals surface area contributed by atoms with Crippen LogP contribution >= 0.6 is 11.3 Å². The van der Waals surface area contributed by atoms with Gasteiger partial charge in [0.25, 0.3) is 0 Å². The molecule has 1 aromatic rings. The summed E-state index contributed by atoms with van der Waals surface area (Å²) in [6.07, 6.45) is 2.30. The lowest BCUT2D eigenvalue weighted by molar-refractivity contribution is -0.142. The van der Waals surface area contributed by atoms with Crippen molar-refractivity contribution in [1.29, 1.82) is 0 Å². The van der Waals surface area contributed by atoms with E-state index in [9.17, 15) is 9.59 Å². The fourth-order valence-electron chi connectivity index (χ4n) is 2.12. The molecule has 0 aliphatic carbocycles. The van der Waals surface area contributed by atoms with Gasteiger partial charge in [0.1, 0.15) is 0 Å². The van der Waals surface area contributed by atoms with E-state index in [2.05, 4.69) is 23.7 Å². The van der Waals surface area contributed by atoms with Gasteiger partial charge in [-0.05, 0) is 32.9 Å². The molecule has 5 nitrogen and oxygen atoms in total. The molecule has 0 aliphatic rings. The van der Waals surface area contributed by atoms with Crippen molar-refractivity contribution in [2.75, 3.05) is 19.7 Å². The quantitative estimate of drug-likeness (QED) is 0.710. The topological polar surface area (TPSA) is 62.4 Å². The molecule has 0 fully saturated rings. The number of nitrogens with zero attached hydrogens (tertiary/aromatic N) is 1. The molecule has 0 aromatic carbocycles. The lowest BCUT2D eigenvalue weighted by Crippen LogP contribution is -2.25. The first-order valence-electron chi connectivity index (χ1n) is 7.19. The predicted molar refractivity (Wildman–Crippen MR) is 81.1 cm³/mol. The molecule has 1 rings (SSSR count). The molecule has 1 N–H and O–H groups in total. The fourth-order valence-corrected chi connectivity index (χ4v) is 3.02. The van der Waals surface area contributed by atoms with Crippen molar-refractivity contribution in [3.8, 4) is 0 Å². The maximum Gasteiger partial charge on any atom is 0.311 e. The number of H-pyrrole nitrogens is 1. The highest BCUT2D eigenvalue weighted by Crippen LogP contribution is 2.14. The molecule has 6 heteroatoms. The van der Waals surface area contributed by atoms with Gasteiger partial charge < -0.3 is 9.72 Å². The van der Waals surface area contributed by atoms with Crippen LogP contribution in [0.5, 0.6) is 0 Å². The summed E-state index contributed by atoms with van der Waals surface area (Å²) < 4.78 is 4.94. The second-order valence-electron chi connectivity index (χ2n) is 4.67. The van der Waals surface area contributed by atoms with E-state index in [0.717, 1.165) is 37.4 Å². The Morgan fingerprint density at radius 2 is 1.90 bits per heavy atom. The van der Waals surface area contributed by atoms with Crippen LogP contribution in [0.15, 0.2) is 4.79 Å². The van der Waals surface area contributed by atoms with Gasteiger partial charge in [-0.15, -0.1) is 0 Å². The van der Waals surface area contributed by atoms with Gasteiger partial charge in [-0.25, -0.2) is 0 Å². The van der Waals surface area contributed by atoms with Crippen LogP contribution < -0.4 is 4.87 Å². The van der Waals surface area contributed by atoms with Gasteiger partial charge in [-0.1, -0.05) is 25.2 Å². The highest BCUT2D eigenvalue weighted by Gasteiger charge is 2.15. The Balaban J connectivity index is 2.77. The van der Waals surface area contributed by atoms with Crippen LogP contribution in [0.25, 0.3) is 0 Å². The number of esters is 1. The molecule has 114 valence electrons. The molecule has 0 spiro atoms. The molecular formula is C14H24N2O3S. The molecule has 0 bridgehead atoms. The van der Waals surface area contributed by atoms with E-state index in [-0.39, 0.29) is 17.3 Å². The Labute approximate surface area is 124 Å². The first kappa shape index (κ1) is 16.9. The maximum absolute atomic E-state index is 11.6. The van der Waals surface area contributed by atoms with E-state index in [1.165, 1.54) is 11.3 Å². The Hall–Kier alpha value is -1.14. The summed E-state index contributed by atoms with van der Waals surface area (Å²) in [7, 11) is 0. The SMILES string of the molecule is CCCN(CCC)Cc1sc(=O)[nH]c1CC(=O)OCC. The summed E-state index contributed by atoms with van der Waals surface area (Å²) in [5.74, 6) is -0.291. The molecule has 20 heavy (non-hydrogen) atoms. The average molecular weight is 300 g/mol. The molecule has 0 atom stereocenters. The minimum absolute atomic E-state index is 0.104. The summed E-state index contributed by atoms with van der Waals surface area (Å²) >= 11 is 1.19. The summed E-state index contributed by atoms with van der Waals surface area (Å²) in [6.45, 7) is 9.14. The van der Waals surface area contributed by atoms with E-state index in [0.29, 0.717) is 12.3 Å². The second kappa shape index (κ2) is 8.92. The van der Waals surface area contributed by atoms with Crippen molar-refractivity contribution in [3.63, 3.8) is 0 Å². The lowest BCUT2D eigenvalue weighted by atomic mass is 10.2. The van der Waals surface area contributed by atoms with Crippen LogP contribution in [-0.4, -0.2) is 35.5 Å². The zero-order valence-electron chi connectivity index (χ0n) is 12.5. The number of ether oxygens (including phenoxy) is 1. The smallest absolute Gasteiger partial charge is 0.311 e. The van der Waals surface area contributed by atoms with E-state index >= 15 is 0 Å². The summed E-state index contributed by atoms with van der Waals surface area (Å²) in [5.41, 5.74) is 0.704. The molecule has 1 heterocycles. The number of aromatic amines is 1. The van der Waals surface area contributed by atoms with Gasteiger partial charge in [0.05, 0.1) is 13.0 Å². The molecule has 1 aromatic heterocycles. The lowest BCUT2D eigenvalue weighted by Gasteiger charge is -2.20. The number of carbonyl (C=O) groups is 1. The Morgan fingerprint density at radius 1 is 1.25 bits per heavy atom. The number of thiazole rings is 1. The summed E-state index contributed by atoms with van der Waals surface area (Å²) in [6, 6.07) is 0. The molecule has 0 saturated heterocycles. The summed E-state index contributed by atoms with van der Waals surface area (Å²) in [4.78, 5) is 29.0. The Morgan fingerprint density at radius 3 is 2.45 bits per heavy atom.